The Hall–Kier alpha value is -2.36. The van der Waals surface area contributed by atoms with Gasteiger partial charge in [0.05, 0.1) is 12.5 Å². The Morgan fingerprint density at radius 1 is 1.27 bits per heavy atom. The van der Waals surface area contributed by atoms with Crippen molar-refractivity contribution < 1.29 is 14.6 Å². The number of benzene rings is 1. The molecule has 1 heterocycles. The number of nitrogens with zero attached hydrogens (tertiary/aromatic N) is 1. The molecule has 0 bridgehead atoms. The SMILES string of the molecule is CCOC(=O)C(CC)Cc1cc(-c2cccnc2)ccc1O. The van der Waals surface area contributed by atoms with Gasteiger partial charge in [-0.05, 0) is 49.1 Å². The molecule has 0 aliphatic rings. The number of hydrogen-bond acceptors (Lipinski definition) is 4. The van der Waals surface area contributed by atoms with Gasteiger partial charge in [-0.2, -0.15) is 0 Å². The number of ether oxygens (including phenoxy) is 1. The third-order valence-electron chi connectivity index (χ3n) is 3.65. The summed E-state index contributed by atoms with van der Waals surface area (Å²) in [5.41, 5.74) is 2.70. The van der Waals surface area contributed by atoms with E-state index in [2.05, 4.69) is 4.98 Å². The number of aromatic hydroxyl groups is 1. The Labute approximate surface area is 130 Å². The van der Waals surface area contributed by atoms with Crippen LogP contribution in [0, 0.1) is 5.92 Å². The van der Waals surface area contributed by atoms with Gasteiger partial charge < -0.3 is 9.84 Å². The smallest absolute Gasteiger partial charge is 0.309 e. The van der Waals surface area contributed by atoms with E-state index >= 15 is 0 Å². The maximum Gasteiger partial charge on any atom is 0.309 e. The number of aromatic nitrogens is 1. The van der Waals surface area contributed by atoms with Crippen molar-refractivity contribution in [3.8, 4) is 16.9 Å². The fraction of sp³-hybridized carbons (Fsp3) is 0.333. The van der Waals surface area contributed by atoms with Gasteiger partial charge in [-0.1, -0.05) is 19.1 Å². The van der Waals surface area contributed by atoms with Crippen LogP contribution in [0.3, 0.4) is 0 Å². The lowest BCUT2D eigenvalue weighted by Gasteiger charge is -2.15. The number of phenols is 1. The first-order chi connectivity index (χ1) is 10.7. The minimum atomic E-state index is -0.241. The zero-order chi connectivity index (χ0) is 15.9. The third-order valence-corrected chi connectivity index (χ3v) is 3.65. The molecule has 2 rings (SSSR count). The quantitative estimate of drug-likeness (QED) is 0.828. The second-order valence-electron chi connectivity index (χ2n) is 5.15. The van der Waals surface area contributed by atoms with Crippen molar-refractivity contribution >= 4 is 5.97 Å². The van der Waals surface area contributed by atoms with Crippen LogP contribution in [0.5, 0.6) is 5.75 Å². The minimum absolute atomic E-state index is 0.204. The number of carbonyl (C=O) groups is 1. The molecule has 1 unspecified atom stereocenters. The van der Waals surface area contributed by atoms with Gasteiger partial charge >= 0.3 is 5.97 Å². The van der Waals surface area contributed by atoms with Crippen molar-refractivity contribution in [2.75, 3.05) is 6.61 Å². The molecule has 0 radical (unpaired) electrons. The molecule has 116 valence electrons. The van der Waals surface area contributed by atoms with Crippen LogP contribution in [0.1, 0.15) is 25.8 Å². The lowest BCUT2D eigenvalue weighted by Crippen LogP contribution is -2.19. The molecule has 0 amide bonds. The van der Waals surface area contributed by atoms with E-state index in [1.165, 1.54) is 0 Å². The average molecular weight is 299 g/mol. The average Bonchev–Trinajstić information content (AvgIpc) is 2.55. The topological polar surface area (TPSA) is 59.4 Å². The summed E-state index contributed by atoms with van der Waals surface area (Å²) in [6.45, 7) is 4.12. The molecule has 0 fully saturated rings. The largest absolute Gasteiger partial charge is 0.508 e. The van der Waals surface area contributed by atoms with Crippen molar-refractivity contribution in [3.63, 3.8) is 0 Å². The summed E-state index contributed by atoms with van der Waals surface area (Å²) in [7, 11) is 0. The van der Waals surface area contributed by atoms with E-state index in [9.17, 15) is 9.90 Å². The molecular weight excluding hydrogens is 278 g/mol. The summed E-state index contributed by atoms with van der Waals surface area (Å²) in [5, 5.41) is 10.1. The van der Waals surface area contributed by atoms with Crippen molar-refractivity contribution in [3.05, 3.63) is 48.3 Å². The fourth-order valence-corrected chi connectivity index (χ4v) is 2.38. The van der Waals surface area contributed by atoms with Crippen LogP contribution in [0.2, 0.25) is 0 Å². The molecular formula is C18H21NO3. The Morgan fingerprint density at radius 3 is 2.73 bits per heavy atom. The molecule has 0 saturated carbocycles. The van der Waals surface area contributed by atoms with Crippen molar-refractivity contribution in [1.82, 2.24) is 4.98 Å². The van der Waals surface area contributed by atoms with Crippen LogP contribution >= 0.6 is 0 Å². The number of phenolic OH excluding ortho intramolecular Hbond substituents is 1. The summed E-state index contributed by atoms with van der Waals surface area (Å²) in [6, 6.07) is 9.26. The number of hydrogen-bond donors (Lipinski definition) is 1. The fourth-order valence-electron chi connectivity index (χ4n) is 2.38. The molecule has 0 spiro atoms. The highest BCUT2D eigenvalue weighted by Crippen LogP contribution is 2.28. The lowest BCUT2D eigenvalue weighted by molar-refractivity contribution is -0.148. The Bertz CT molecular complexity index is 625. The maximum atomic E-state index is 11.9. The number of pyridine rings is 1. The minimum Gasteiger partial charge on any atom is -0.508 e. The molecule has 1 aromatic heterocycles. The van der Waals surface area contributed by atoms with Gasteiger partial charge in [-0.15, -0.1) is 0 Å². The van der Waals surface area contributed by atoms with Crippen molar-refractivity contribution in [2.24, 2.45) is 5.92 Å². The molecule has 4 nitrogen and oxygen atoms in total. The summed E-state index contributed by atoms with van der Waals surface area (Å²) in [4.78, 5) is 16.0. The lowest BCUT2D eigenvalue weighted by atomic mass is 9.94. The second kappa shape index (κ2) is 7.59. The van der Waals surface area contributed by atoms with Crippen LogP contribution in [-0.2, 0) is 16.0 Å². The summed E-state index contributed by atoms with van der Waals surface area (Å²) in [6.07, 6.45) is 4.64. The second-order valence-corrected chi connectivity index (χ2v) is 5.15. The molecule has 1 N–H and O–H groups in total. The Balaban J connectivity index is 2.25. The van der Waals surface area contributed by atoms with Gasteiger partial charge in [-0.3, -0.25) is 9.78 Å². The van der Waals surface area contributed by atoms with Crippen LogP contribution in [0.25, 0.3) is 11.1 Å². The highest BCUT2D eigenvalue weighted by atomic mass is 16.5. The van der Waals surface area contributed by atoms with Crippen LogP contribution in [0.4, 0.5) is 0 Å². The third kappa shape index (κ3) is 3.85. The van der Waals surface area contributed by atoms with E-state index in [0.29, 0.717) is 19.4 Å². The summed E-state index contributed by atoms with van der Waals surface area (Å²) < 4.78 is 5.09. The van der Waals surface area contributed by atoms with Gasteiger partial charge in [0.25, 0.3) is 0 Å². The standard InChI is InChI=1S/C18H21NO3/c1-3-13(18(21)22-4-2)10-16-11-14(7-8-17(16)20)15-6-5-9-19-12-15/h5-9,11-13,20H,3-4,10H2,1-2H3. The van der Waals surface area contributed by atoms with Gasteiger partial charge in [-0.25, -0.2) is 0 Å². The highest BCUT2D eigenvalue weighted by molar-refractivity contribution is 5.73. The van der Waals surface area contributed by atoms with E-state index in [1.54, 1.807) is 25.4 Å². The van der Waals surface area contributed by atoms with E-state index in [0.717, 1.165) is 16.7 Å². The molecule has 0 saturated heterocycles. The Morgan fingerprint density at radius 2 is 2.09 bits per heavy atom. The zero-order valence-electron chi connectivity index (χ0n) is 13.0. The molecule has 0 aliphatic heterocycles. The van der Waals surface area contributed by atoms with Crippen molar-refractivity contribution in [1.29, 1.82) is 0 Å². The van der Waals surface area contributed by atoms with E-state index in [-0.39, 0.29) is 17.6 Å². The number of carbonyl (C=O) groups excluding carboxylic acids is 1. The molecule has 22 heavy (non-hydrogen) atoms. The van der Waals surface area contributed by atoms with E-state index in [4.69, 9.17) is 4.74 Å². The molecule has 2 aromatic rings. The van der Waals surface area contributed by atoms with Gasteiger partial charge in [0.15, 0.2) is 0 Å². The molecule has 1 aromatic carbocycles. The monoisotopic (exact) mass is 299 g/mol. The van der Waals surface area contributed by atoms with Gasteiger partial charge in [0.1, 0.15) is 5.75 Å². The van der Waals surface area contributed by atoms with Crippen LogP contribution < -0.4 is 0 Å². The maximum absolute atomic E-state index is 11.9. The van der Waals surface area contributed by atoms with Gasteiger partial charge in [0, 0.05) is 18.0 Å². The Kier molecular flexibility index (Phi) is 5.53. The van der Waals surface area contributed by atoms with Crippen LogP contribution in [-0.4, -0.2) is 22.7 Å². The first-order valence-electron chi connectivity index (χ1n) is 7.54. The normalized spacial score (nSPS) is 11.9. The highest BCUT2D eigenvalue weighted by Gasteiger charge is 2.20. The first kappa shape index (κ1) is 16.0. The number of rotatable bonds is 6. The molecule has 4 heteroatoms. The summed E-state index contributed by atoms with van der Waals surface area (Å²) >= 11 is 0. The van der Waals surface area contributed by atoms with E-state index < -0.39 is 0 Å². The van der Waals surface area contributed by atoms with Gasteiger partial charge in [0.2, 0.25) is 0 Å². The first-order valence-corrected chi connectivity index (χ1v) is 7.54. The predicted octanol–water partition coefficient (Wildman–Crippen LogP) is 3.59. The molecule has 0 aliphatic carbocycles. The molecule has 1 atom stereocenters. The predicted molar refractivity (Wildman–Crippen MR) is 85.5 cm³/mol. The zero-order valence-corrected chi connectivity index (χ0v) is 13.0. The van der Waals surface area contributed by atoms with E-state index in [1.807, 2.05) is 31.2 Å². The number of esters is 1. The summed E-state index contributed by atoms with van der Waals surface area (Å²) in [5.74, 6) is -0.249. The van der Waals surface area contributed by atoms with Crippen molar-refractivity contribution in [2.45, 2.75) is 26.7 Å². The van der Waals surface area contributed by atoms with Crippen LogP contribution in [0.15, 0.2) is 42.7 Å².